The van der Waals surface area contributed by atoms with Gasteiger partial charge in [-0.15, -0.1) is 0 Å². The molecular weight excluding hydrogens is 385 g/mol. The third-order valence-corrected chi connectivity index (χ3v) is 3.60. The van der Waals surface area contributed by atoms with Crippen molar-refractivity contribution in [2.24, 2.45) is 0 Å². The van der Waals surface area contributed by atoms with Gasteiger partial charge < -0.3 is 9.47 Å². The quantitative estimate of drug-likeness (QED) is 0.239. The van der Waals surface area contributed by atoms with Crippen LogP contribution in [0, 0.1) is 11.3 Å². The summed E-state index contributed by atoms with van der Waals surface area (Å²) in [6, 6.07) is 15.8. The van der Waals surface area contributed by atoms with Crippen molar-refractivity contribution in [1.29, 1.82) is 5.26 Å². The van der Waals surface area contributed by atoms with Gasteiger partial charge in [0.2, 0.25) is 0 Å². The summed E-state index contributed by atoms with van der Waals surface area (Å²) in [7, 11) is 1.57. The lowest BCUT2D eigenvalue weighted by Crippen LogP contribution is -2.24. The maximum Gasteiger partial charge on any atom is 0.363 e. The van der Waals surface area contributed by atoms with Gasteiger partial charge >= 0.3 is 5.97 Å². The molecule has 0 atom stereocenters. The SMILES string of the molecule is COc1ccc(/C(C#N)=C\c2cccc(OC(=O)C(Cl)(Cl)Cl)c2)cc1. The summed E-state index contributed by atoms with van der Waals surface area (Å²) in [5.41, 5.74) is 1.82. The van der Waals surface area contributed by atoms with Crippen LogP contribution < -0.4 is 9.47 Å². The van der Waals surface area contributed by atoms with Gasteiger partial charge in [0.25, 0.3) is 3.79 Å². The van der Waals surface area contributed by atoms with Crippen LogP contribution in [0.5, 0.6) is 11.5 Å². The molecule has 0 fully saturated rings. The largest absolute Gasteiger partial charge is 0.497 e. The van der Waals surface area contributed by atoms with Gasteiger partial charge in [-0.05, 0) is 53.6 Å². The average molecular weight is 397 g/mol. The summed E-state index contributed by atoms with van der Waals surface area (Å²) >= 11 is 16.4. The number of hydrogen-bond donors (Lipinski definition) is 0. The Balaban J connectivity index is 2.27. The molecule has 0 amide bonds. The number of benzene rings is 2. The number of halogens is 3. The first-order valence-corrected chi connectivity index (χ1v) is 8.12. The van der Waals surface area contributed by atoms with Gasteiger partial charge in [0.15, 0.2) is 0 Å². The molecule has 0 aliphatic heterocycles. The van der Waals surface area contributed by atoms with E-state index in [9.17, 15) is 10.1 Å². The van der Waals surface area contributed by atoms with Crippen molar-refractivity contribution in [3.63, 3.8) is 0 Å². The number of carbonyl (C=O) groups is 1. The van der Waals surface area contributed by atoms with Crippen LogP contribution >= 0.6 is 34.8 Å². The highest BCUT2D eigenvalue weighted by atomic mass is 35.6. The van der Waals surface area contributed by atoms with Crippen LogP contribution in [0.2, 0.25) is 0 Å². The maximum atomic E-state index is 11.6. The molecule has 2 aromatic rings. The van der Waals surface area contributed by atoms with Crippen LogP contribution in [0.1, 0.15) is 11.1 Å². The Morgan fingerprint density at radius 3 is 2.36 bits per heavy atom. The van der Waals surface area contributed by atoms with Crippen LogP contribution in [0.4, 0.5) is 0 Å². The third kappa shape index (κ3) is 5.40. The summed E-state index contributed by atoms with van der Waals surface area (Å²) in [4.78, 5) is 11.6. The van der Waals surface area contributed by atoms with E-state index in [4.69, 9.17) is 44.3 Å². The second-order valence-corrected chi connectivity index (χ2v) is 7.14. The molecule has 0 spiro atoms. The molecule has 0 saturated carbocycles. The number of ether oxygens (including phenoxy) is 2. The molecule has 4 nitrogen and oxygen atoms in total. The van der Waals surface area contributed by atoms with Gasteiger partial charge in [-0.25, -0.2) is 4.79 Å². The number of nitrogens with zero attached hydrogens (tertiary/aromatic N) is 1. The fourth-order valence-corrected chi connectivity index (χ4v) is 2.07. The molecule has 2 rings (SSSR count). The first kappa shape index (κ1) is 19.1. The third-order valence-electron chi connectivity index (χ3n) is 3.13. The lowest BCUT2D eigenvalue weighted by atomic mass is 10.0. The molecule has 0 aliphatic rings. The molecule has 0 aliphatic carbocycles. The average Bonchev–Trinajstić information content (AvgIpc) is 2.59. The van der Waals surface area contributed by atoms with E-state index in [1.807, 2.05) is 0 Å². The molecule has 2 aromatic carbocycles. The molecule has 128 valence electrons. The molecule has 7 heteroatoms. The zero-order chi connectivity index (χ0) is 18.4. The number of hydrogen-bond acceptors (Lipinski definition) is 4. The Labute approximate surface area is 160 Å². The Hall–Kier alpha value is -2.19. The van der Waals surface area contributed by atoms with Crippen molar-refractivity contribution in [3.05, 3.63) is 59.7 Å². The molecule has 0 saturated heterocycles. The number of rotatable bonds is 4. The summed E-state index contributed by atoms with van der Waals surface area (Å²) in [6.45, 7) is 0. The predicted molar refractivity (Wildman–Crippen MR) is 98.8 cm³/mol. The summed E-state index contributed by atoms with van der Waals surface area (Å²) < 4.78 is 7.95. The number of allylic oxidation sites excluding steroid dienone is 1. The highest BCUT2D eigenvalue weighted by Gasteiger charge is 2.33. The van der Waals surface area contributed by atoms with E-state index >= 15 is 0 Å². The van der Waals surface area contributed by atoms with Gasteiger partial charge in [0.05, 0.1) is 18.8 Å². The Morgan fingerprint density at radius 1 is 1.12 bits per heavy atom. The lowest BCUT2D eigenvalue weighted by Gasteiger charge is -2.10. The minimum atomic E-state index is -2.16. The molecule has 0 radical (unpaired) electrons. The van der Waals surface area contributed by atoms with Gasteiger partial charge in [0, 0.05) is 0 Å². The van der Waals surface area contributed by atoms with Gasteiger partial charge in [-0.3, -0.25) is 0 Å². The first-order valence-electron chi connectivity index (χ1n) is 6.99. The second kappa shape index (κ2) is 8.26. The topological polar surface area (TPSA) is 59.3 Å². The van der Waals surface area contributed by atoms with Crippen LogP contribution in [-0.4, -0.2) is 16.9 Å². The Morgan fingerprint density at radius 2 is 1.80 bits per heavy atom. The monoisotopic (exact) mass is 395 g/mol. The molecule has 0 bridgehead atoms. The molecule has 0 unspecified atom stereocenters. The fourth-order valence-electron chi connectivity index (χ4n) is 1.95. The fraction of sp³-hybridized carbons (Fsp3) is 0.111. The minimum Gasteiger partial charge on any atom is -0.497 e. The Bertz CT molecular complexity index is 834. The number of alkyl halides is 3. The highest BCUT2D eigenvalue weighted by molar-refractivity contribution is 6.75. The number of nitriles is 1. The lowest BCUT2D eigenvalue weighted by molar-refractivity contribution is -0.133. The summed E-state index contributed by atoms with van der Waals surface area (Å²) in [5.74, 6) is -0.104. The van der Waals surface area contributed by atoms with E-state index in [2.05, 4.69) is 6.07 Å². The van der Waals surface area contributed by atoms with Crippen LogP contribution in [0.25, 0.3) is 11.6 Å². The second-order valence-electron chi connectivity index (χ2n) is 4.86. The zero-order valence-corrected chi connectivity index (χ0v) is 15.3. The van der Waals surface area contributed by atoms with Crippen LogP contribution in [0.3, 0.4) is 0 Å². The molecule has 0 heterocycles. The number of esters is 1. The minimum absolute atomic E-state index is 0.206. The van der Waals surface area contributed by atoms with Crippen molar-refractivity contribution in [2.75, 3.05) is 7.11 Å². The predicted octanol–water partition coefficient (Wildman–Crippen LogP) is 5.03. The normalized spacial score (nSPS) is 11.6. The zero-order valence-electron chi connectivity index (χ0n) is 13.0. The van der Waals surface area contributed by atoms with E-state index in [0.717, 1.165) is 5.56 Å². The van der Waals surface area contributed by atoms with Gasteiger partial charge in [0.1, 0.15) is 11.5 Å². The number of carbonyl (C=O) groups excluding carboxylic acids is 1. The van der Waals surface area contributed by atoms with E-state index in [-0.39, 0.29) is 5.75 Å². The van der Waals surface area contributed by atoms with Crippen LogP contribution in [0.15, 0.2) is 48.5 Å². The van der Waals surface area contributed by atoms with Crippen molar-refractivity contribution < 1.29 is 14.3 Å². The number of methoxy groups -OCH3 is 1. The molecule has 25 heavy (non-hydrogen) atoms. The maximum absolute atomic E-state index is 11.6. The van der Waals surface area contributed by atoms with Crippen molar-refractivity contribution in [1.82, 2.24) is 0 Å². The van der Waals surface area contributed by atoms with Crippen molar-refractivity contribution in [2.45, 2.75) is 3.79 Å². The van der Waals surface area contributed by atoms with Gasteiger partial charge in [-0.1, -0.05) is 46.9 Å². The van der Waals surface area contributed by atoms with Crippen molar-refractivity contribution in [3.8, 4) is 17.6 Å². The summed E-state index contributed by atoms with van der Waals surface area (Å²) in [6.07, 6.45) is 1.66. The van der Waals surface area contributed by atoms with E-state index in [1.54, 1.807) is 61.7 Å². The highest BCUT2D eigenvalue weighted by Crippen LogP contribution is 2.29. The smallest absolute Gasteiger partial charge is 0.363 e. The molecule has 0 N–H and O–H groups in total. The first-order chi connectivity index (χ1) is 11.8. The standard InChI is InChI=1S/C18H12Cl3NO3/c1-24-15-7-5-13(6-8-15)14(11-22)9-12-3-2-4-16(10-12)25-17(23)18(19,20)21/h2-10H,1H3/b14-9-. The van der Waals surface area contributed by atoms with E-state index in [1.165, 1.54) is 0 Å². The van der Waals surface area contributed by atoms with Gasteiger partial charge in [-0.2, -0.15) is 5.26 Å². The molecule has 0 aromatic heterocycles. The summed E-state index contributed by atoms with van der Waals surface area (Å²) in [5, 5.41) is 9.40. The molecular formula is C18H12Cl3NO3. The van der Waals surface area contributed by atoms with E-state index in [0.29, 0.717) is 16.9 Å². The van der Waals surface area contributed by atoms with E-state index < -0.39 is 9.76 Å². The Kier molecular flexibility index (Phi) is 6.33. The van der Waals surface area contributed by atoms with Crippen molar-refractivity contribution >= 4 is 52.4 Å². The van der Waals surface area contributed by atoms with Crippen LogP contribution in [-0.2, 0) is 4.79 Å².